The summed E-state index contributed by atoms with van der Waals surface area (Å²) in [6.07, 6.45) is 1.57. The lowest BCUT2D eigenvalue weighted by molar-refractivity contribution is -0.139. The van der Waals surface area contributed by atoms with E-state index < -0.39 is 0 Å². The molecule has 0 aliphatic heterocycles. The summed E-state index contributed by atoms with van der Waals surface area (Å²) in [6, 6.07) is 25.6. The molecule has 3 nitrogen and oxygen atoms in total. The van der Waals surface area contributed by atoms with Crippen LogP contribution >= 0.6 is 0 Å². The van der Waals surface area contributed by atoms with Crippen LogP contribution < -0.4 is 4.90 Å². The van der Waals surface area contributed by atoms with Gasteiger partial charge in [0.2, 0.25) is 0 Å². The highest BCUT2D eigenvalue weighted by atomic mass is 16.5. The minimum absolute atomic E-state index is 0.329. The molecule has 3 heteroatoms. The summed E-state index contributed by atoms with van der Waals surface area (Å²) in [7, 11) is 0. The van der Waals surface area contributed by atoms with E-state index in [4.69, 9.17) is 4.74 Å². The quantitative estimate of drug-likeness (QED) is 0.236. The Labute approximate surface area is 179 Å². The van der Waals surface area contributed by atoms with Crippen molar-refractivity contribution in [2.24, 2.45) is 0 Å². The molecule has 0 spiro atoms. The highest BCUT2D eigenvalue weighted by Crippen LogP contribution is 2.37. The van der Waals surface area contributed by atoms with Crippen LogP contribution in [0.4, 0.5) is 17.1 Å². The Morgan fingerprint density at radius 3 is 1.93 bits per heavy atom. The van der Waals surface area contributed by atoms with Crippen LogP contribution in [-0.4, -0.2) is 12.6 Å². The van der Waals surface area contributed by atoms with Crippen LogP contribution in [0.25, 0.3) is 0 Å². The number of carbonyl (C=O) groups is 1. The van der Waals surface area contributed by atoms with Crippen molar-refractivity contribution in [3.63, 3.8) is 0 Å². The number of esters is 1. The zero-order valence-electron chi connectivity index (χ0n) is 18.0. The van der Waals surface area contributed by atoms with Crippen molar-refractivity contribution in [3.05, 3.63) is 102 Å². The van der Waals surface area contributed by atoms with Crippen LogP contribution in [0.2, 0.25) is 0 Å². The Balaban J connectivity index is 1.90. The maximum absolute atomic E-state index is 11.6. The summed E-state index contributed by atoms with van der Waals surface area (Å²) >= 11 is 0. The monoisotopic (exact) mass is 399 g/mol. The first-order chi connectivity index (χ1) is 14.5. The fourth-order valence-corrected chi connectivity index (χ4v) is 3.31. The molecule has 0 heterocycles. The van der Waals surface area contributed by atoms with Crippen molar-refractivity contribution < 1.29 is 9.53 Å². The fourth-order valence-electron chi connectivity index (χ4n) is 3.31. The van der Waals surface area contributed by atoms with E-state index in [0.717, 1.165) is 29.9 Å². The van der Waals surface area contributed by atoms with E-state index in [1.54, 1.807) is 6.92 Å². The molecule has 0 fully saturated rings. The first-order valence-electron chi connectivity index (χ1n) is 10.3. The Morgan fingerprint density at radius 2 is 1.40 bits per heavy atom. The maximum atomic E-state index is 11.6. The highest BCUT2D eigenvalue weighted by molar-refractivity contribution is 5.86. The minimum Gasteiger partial charge on any atom is -0.462 e. The van der Waals surface area contributed by atoms with Gasteiger partial charge in [-0.2, -0.15) is 0 Å². The summed E-state index contributed by atoms with van der Waals surface area (Å²) < 4.78 is 5.27. The molecule has 0 saturated carbocycles. The number of para-hydroxylation sites is 1. The van der Waals surface area contributed by atoms with Gasteiger partial charge >= 0.3 is 5.97 Å². The number of ether oxygens (including phenoxy) is 1. The van der Waals surface area contributed by atoms with Crippen molar-refractivity contribution in [1.82, 2.24) is 0 Å². The van der Waals surface area contributed by atoms with Gasteiger partial charge in [-0.05, 0) is 69.5 Å². The molecular formula is C27H29NO2. The van der Waals surface area contributed by atoms with E-state index in [9.17, 15) is 4.79 Å². The van der Waals surface area contributed by atoms with Gasteiger partial charge in [-0.15, -0.1) is 0 Å². The summed E-state index contributed by atoms with van der Waals surface area (Å²) in [6.45, 7) is 9.87. The lowest BCUT2D eigenvalue weighted by Crippen LogP contribution is -2.13. The number of rotatable bonds is 8. The molecule has 0 atom stereocenters. The lowest BCUT2D eigenvalue weighted by atomic mass is 10.0. The molecule has 30 heavy (non-hydrogen) atoms. The smallest absolute Gasteiger partial charge is 0.333 e. The maximum Gasteiger partial charge on any atom is 0.333 e. The average Bonchev–Trinajstić information content (AvgIpc) is 2.74. The van der Waals surface area contributed by atoms with E-state index in [0.29, 0.717) is 12.2 Å². The predicted molar refractivity (Wildman–Crippen MR) is 125 cm³/mol. The van der Waals surface area contributed by atoms with E-state index in [2.05, 4.69) is 98.1 Å². The lowest BCUT2D eigenvalue weighted by Gasteiger charge is -2.28. The second-order valence-corrected chi connectivity index (χ2v) is 7.66. The fraction of sp³-hybridized carbons (Fsp3) is 0.222. The minimum atomic E-state index is -0.329. The highest BCUT2D eigenvalue weighted by Gasteiger charge is 2.15. The molecule has 3 rings (SSSR count). The van der Waals surface area contributed by atoms with Crippen LogP contribution in [-0.2, 0) is 16.0 Å². The van der Waals surface area contributed by atoms with Gasteiger partial charge in [0.1, 0.15) is 0 Å². The van der Waals surface area contributed by atoms with Gasteiger partial charge in [0.25, 0.3) is 0 Å². The Hall–Kier alpha value is -3.33. The Morgan fingerprint density at radius 1 is 0.867 bits per heavy atom. The van der Waals surface area contributed by atoms with E-state index in [1.165, 1.54) is 16.7 Å². The number of carbonyl (C=O) groups excluding carboxylic acids is 1. The molecule has 0 amide bonds. The molecule has 0 radical (unpaired) electrons. The molecule has 0 aliphatic rings. The van der Waals surface area contributed by atoms with Crippen molar-refractivity contribution in [2.75, 3.05) is 11.5 Å². The molecule has 0 saturated heterocycles. The Bertz CT molecular complexity index is 958. The van der Waals surface area contributed by atoms with Crippen LogP contribution in [0.1, 0.15) is 30.0 Å². The zero-order valence-corrected chi connectivity index (χ0v) is 18.0. The first-order valence-corrected chi connectivity index (χ1v) is 10.3. The third kappa shape index (κ3) is 5.38. The summed E-state index contributed by atoms with van der Waals surface area (Å²) in [5, 5.41) is 0. The number of hydrogen-bond acceptors (Lipinski definition) is 3. The first kappa shape index (κ1) is 21.4. The van der Waals surface area contributed by atoms with Gasteiger partial charge in [0.05, 0.1) is 6.61 Å². The van der Waals surface area contributed by atoms with Crippen LogP contribution in [0.5, 0.6) is 0 Å². The zero-order chi connectivity index (χ0) is 21.5. The van der Waals surface area contributed by atoms with Crippen LogP contribution in [0.3, 0.4) is 0 Å². The van der Waals surface area contributed by atoms with Crippen molar-refractivity contribution in [2.45, 2.75) is 33.6 Å². The van der Waals surface area contributed by atoms with Gasteiger partial charge in [-0.1, -0.05) is 60.2 Å². The second-order valence-electron chi connectivity index (χ2n) is 7.66. The van der Waals surface area contributed by atoms with E-state index >= 15 is 0 Å². The third-order valence-electron chi connectivity index (χ3n) is 4.99. The van der Waals surface area contributed by atoms with Crippen molar-refractivity contribution in [1.29, 1.82) is 0 Å². The number of nitrogens with zero attached hydrogens (tertiary/aromatic N) is 1. The third-order valence-corrected chi connectivity index (χ3v) is 4.99. The molecule has 0 N–H and O–H groups in total. The largest absolute Gasteiger partial charge is 0.462 e. The number of hydrogen-bond donors (Lipinski definition) is 0. The molecule has 3 aromatic rings. The van der Waals surface area contributed by atoms with Crippen LogP contribution in [0.15, 0.2) is 84.9 Å². The molecule has 154 valence electrons. The molecule has 0 unspecified atom stereocenters. The molecule has 0 aromatic heterocycles. The normalized spacial score (nSPS) is 10.5. The standard InChI is InChI=1S/C27H29NO2/c1-20(2)27(29)30-19-7-9-23-8-5-6-10-26(23)28(24-15-11-21(3)12-16-24)25-17-13-22(4)14-18-25/h5-6,8,10-18H,1,7,9,19H2,2-4H3. The Kier molecular flexibility index (Phi) is 7.08. The number of anilines is 3. The molecule has 3 aromatic carbocycles. The topological polar surface area (TPSA) is 29.5 Å². The molecular weight excluding hydrogens is 370 g/mol. The average molecular weight is 400 g/mol. The SMILES string of the molecule is C=C(C)C(=O)OCCCc1ccccc1N(c1ccc(C)cc1)c1ccc(C)cc1. The van der Waals surface area contributed by atoms with Gasteiger partial charge in [-0.25, -0.2) is 4.79 Å². The van der Waals surface area contributed by atoms with Gasteiger partial charge in [0, 0.05) is 22.6 Å². The van der Waals surface area contributed by atoms with Gasteiger partial charge in [0.15, 0.2) is 0 Å². The summed E-state index contributed by atoms with van der Waals surface area (Å²) in [5.41, 5.74) is 7.48. The summed E-state index contributed by atoms with van der Waals surface area (Å²) in [5.74, 6) is -0.329. The van der Waals surface area contributed by atoms with Crippen molar-refractivity contribution in [3.8, 4) is 0 Å². The number of aryl methyl sites for hydroxylation is 3. The number of benzene rings is 3. The molecule has 0 aliphatic carbocycles. The predicted octanol–water partition coefficient (Wildman–Crippen LogP) is 6.83. The molecule has 0 bridgehead atoms. The second kappa shape index (κ2) is 9.93. The summed E-state index contributed by atoms with van der Waals surface area (Å²) in [4.78, 5) is 13.9. The van der Waals surface area contributed by atoms with Crippen LogP contribution in [0, 0.1) is 13.8 Å². The van der Waals surface area contributed by atoms with Gasteiger partial charge in [-0.3, -0.25) is 0 Å². The van der Waals surface area contributed by atoms with Crippen molar-refractivity contribution >= 4 is 23.0 Å². The van der Waals surface area contributed by atoms with Gasteiger partial charge < -0.3 is 9.64 Å². The van der Waals surface area contributed by atoms with E-state index in [1.807, 2.05) is 0 Å². The van der Waals surface area contributed by atoms with E-state index in [-0.39, 0.29) is 5.97 Å².